The molecule has 0 radical (unpaired) electrons. The number of hydrogen-bond acceptors (Lipinski definition) is 14. The summed E-state index contributed by atoms with van der Waals surface area (Å²) < 4.78 is 0. The van der Waals surface area contributed by atoms with E-state index in [4.69, 9.17) is 22.9 Å². The van der Waals surface area contributed by atoms with Crippen molar-refractivity contribution in [3.8, 4) is 5.75 Å². The van der Waals surface area contributed by atoms with Crippen molar-refractivity contribution < 1.29 is 53.1 Å². The van der Waals surface area contributed by atoms with E-state index in [1.165, 1.54) is 12.1 Å². The molecule has 0 saturated carbocycles. The van der Waals surface area contributed by atoms with Crippen molar-refractivity contribution in [1.29, 1.82) is 0 Å². The number of primary amides is 1. The zero-order valence-corrected chi connectivity index (χ0v) is 50.9. The minimum absolute atomic E-state index is 0.0111. The molecular weight excluding hydrogens is 1080 g/mol. The van der Waals surface area contributed by atoms with Gasteiger partial charge in [0, 0.05) is 19.3 Å². The molecule has 0 heterocycles. The molecule has 0 aromatic heterocycles. The number of carbonyl (C=O) groups is 10. The van der Waals surface area contributed by atoms with Crippen LogP contribution in [0, 0.1) is 23.7 Å². The fourth-order valence-corrected chi connectivity index (χ4v) is 9.20. The van der Waals surface area contributed by atoms with Crippen LogP contribution in [0.2, 0.25) is 0 Å². The maximum absolute atomic E-state index is 14.5. The Hall–Kier alpha value is -7.18. The number of aromatic hydroxyl groups is 1. The molecule has 24 heteroatoms. The van der Waals surface area contributed by atoms with E-state index in [0.717, 1.165) is 19.3 Å². The van der Waals surface area contributed by atoms with E-state index in [0.29, 0.717) is 24.0 Å². The van der Waals surface area contributed by atoms with Crippen molar-refractivity contribution >= 4 is 59.1 Å². The number of rotatable bonds is 40. The summed E-state index contributed by atoms with van der Waals surface area (Å²) in [7, 11) is 0. The summed E-state index contributed by atoms with van der Waals surface area (Å²) in [5, 5.41) is 34.3. The van der Waals surface area contributed by atoms with Gasteiger partial charge in [-0.15, -0.1) is 0 Å². The van der Waals surface area contributed by atoms with Gasteiger partial charge < -0.3 is 75.9 Å². The first-order valence-corrected chi connectivity index (χ1v) is 29.7. The van der Waals surface area contributed by atoms with Gasteiger partial charge in [0.2, 0.25) is 59.1 Å². The number of carbonyl (C=O) groups excluding carboxylic acids is 10. The van der Waals surface area contributed by atoms with Crippen LogP contribution in [-0.4, -0.2) is 138 Å². The molecule has 2 aromatic rings. The van der Waals surface area contributed by atoms with E-state index < -0.39 is 119 Å². The minimum atomic E-state index is -1.33. The second-order valence-corrected chi connectivity index (χ2v) is 22.9. The SMILES string of the molecule is CCCCCCC(=O)N[C@@H](CCN)C(=O)N[C@H](C(=O)N[C@@H](CCN)C(=O)N[C@H](Cc1ccccc1)C(=O)N[C@@H](CC(C)C)C(=O)N[C@@H](CCN)C(=O)N[C@@H](C(=O)N[C@@H](CC(C)C)C(=O)N[C@@H](Cc1ccc(O)cc1)C(N)=O)C(C)C)[C@@H](C)CC. The van der Waals surface area contributed by atoms with Crippen LogP contribution in [-0.2, 0) is 60.8 Å². The van der Waals surface area contributed by atoms with Crippen molar-refractivity contribution in [2.24, 2.45) is 46.6 Å². The van der Waals surface area contributed by atoms with Gasteiger partial charge in [0.15, 0.2) is 0 Å². The molecule has 18 N–H and O–H groups in total. The summed E-state index contributed by atoms with van der Waals surface area (Å²) in [5.74, 6) is -8.24. The molecule has 0 bridgehead atoms. The fourth-order valence-electron chi connectivity index (χ4n) is 9.20. The summed E-state index contributed by atoms with van der Waals surface area (Å²) in [4.78, 5) is 138. The third kappa shape index (κ3) is 26.6. The Bertz CT molecular complexity index is 2410. The summed E-state index contributed by atoms with van der Waals surface area (Å²) in [6.45, 7) is 16.2. The van der Waals surface area contributed by atoms with Crippen LogP contribution < -0.4 is 70.8 Å². The monoisotopic (exact) mass is 1180 g/mol. The van der Waals surface area contributed by atoms with Crippen LogP contribution in [0.5, 0.6) is 5.75 Å². The number of unbranched alkanes of at least 4 members (excludes halogenated alkanes) is 3. The molecule has 2 aromatic carbocycles. The number of nitrogens with one attached hydrogen (secondary N) is 9. The standard InChI is InChI=1S/C60H99N13O11/c1-10-12-13-17-20-49(75)65-42(25-28-61)54(78)73-51(38(9)11-2)60(84)67-43(26-29-62)53(77)70-48(34-39-18-15-14-16-19-39)58(82)69-46(31-35(3)4)56(80)66-44(27-30-63)55(79)72-50(37(7)8)59(83)71-47(32-36(5)6)57(81)68-45(52(64)76)33-40-21-23-41(74)24-22-40/h14-16,18-19,21-24,35-38,42-48,50-51,74H,10-13,17,20,25-34,61-63H2,1-9H3,(H2,64,76)(H,65,75)(H,66,80)(H,67,84)(H,68,81)(H,69,82)(H,70,77)(H,71,83)(H,72,79)(H,73,78)/t38-,42-,43-,44-,45-,46-,47-,48+,50+,51-/m0/s1. The predicted molar refractivity (Wildman–Crippen MR) is 322 cm³/mol. The molecule has 0 fully saturated rings. The largest absolute Gasteiger partial charge is 0.508 e. The number of hydrogen-bond donors (Lipinski definition) is 14. The van der Waals surface area contributed by atoms with Gasteiger partial charge in [0.25, 0.3) is 0 Å². The summed E-state index contributed by atoms with van der Waals surface area (Å²) in [6, 6.07) is 3.86. The Balaban J connectivity index is 2.38. The van der Waals surface area contributed by atoms with Crippen molar-refractivity contribution in [3.05, 3.63) is 65.7 Å². The van der Waals surface area contributed by atoms with E-state index in [1.807, 2.05) is 34.6 Å². The highest BCUT2D eigenvalue weighted by atomic mass is 16.3. The van der Waals surface area contributed by atoms with Crippen LogP contribution in [0.3, 0.4) is 0 Å². The van der Waals surface area contributed by atoms with Gasteiger partial charge in [-0.2, -0.15) is 0 Å². The first-order chi connectivity index (χ1) is 39.8. The van der Waals surface area contributed by atoms with Crippen LogP contribution in [0.4, 0.5) is 0 Å². The van der Waals surface area contributed by atoms with E-state index in [9.17, 15) is 53.1 Å². The highest BCUT2D eigenvalue weighted by molar-refractivity contribution is 5.98. The van der Waals surface area contributed by atoms with E-state index in [-0.39, 0.29) is 94.5 Å². The smallest absolute Gasteiger partial charge is 0.243 e. The average Bonchev–Trinajstić information content (AvgIpc) is 3.59. The molecule has 2 rings (SSSR count). The molecule has 0 aliphatic carbocycles. The lowest BCUT2D eigenvalue weighted by atomic mass is 9.97. The Labute approximate surface area is 496 Å². The summed E-state index contributed by atoms with van der Waals surface area (Å²) >= 11 is 0. The zero-order valence-electron chi connectivity index (χ0n) is 50.9. The molecule has 84 heavy (non-hydrogen) atoms. The molecule has 10 amide bonds. The van der Waals surface area contributed by atoms with Crippen molar-refractivity contribution in [1.82, 2.24) is 47.9 Å². The van der Waals surface area contributed by atoms with Crippen molar-refractivity contribution in [2.45, 2.75) is 200 Å². The highest BCUT2D eigenvalue weighted by Gasteiger charge is 2.37. The van der Waals surface area contributed by atoms with Crippen LogP contribution in [0.25, 0.3) is 0 Å². The number of nitrogens with two attached hydrogens (primary N) is 4. The second kappa shape index (κ2) is 38.6. The van der Waals surface area contributed by atoms with Crippen LogP contribution in [0.15, 0.2) is 54.6 Å². The maximum atomic E-state index is 14.5. The first-order valence-electron chi connectivity index (χ1n) is 29.7. The number of phenols is 1. The van der Waals surface area contributed by atoms with E-state index in [1.54, 1.807) is 63.2 Å². The van der Waals surface area contributed by atoms with Gasteiger partial charge >= 0.3 is 0 Å². The Morgan fingerprint density at radius 1 is 0.440 bits per heavy atom. The quantitative estimate of drug-likeness (QED) is 0.0412. The first kappa shape index (κ1) is 72.9. The van der Waals surface area contributed by atoms with Gasteiger partial charge in [-0.05, 0) is 105 Å². The Morgan fingerprint density at radius 3 is 1.31 bits per heavy atom. The topological polar surface area (TPSA) is 403 Å². The van der Waals surface area contributed by atoms with E-state index >= 15 is 0 Å². The molecule has 470 valence electrons. The third-order valence-corrected chi connectivity index (χ3v) is 14.2. The molecule has 24 nitrogen and oxygen atoms in total. The van der Waals surface area contributed by atoms with Gasteiger partial charge in [-0.25, -0.2) is 0 Å². The molecule has 0 spiro atoms. The van der Waals surface area contributed by atoms with Crippen molar-refractivity contribution in [3.63, 3.8) is 0 Å². The molecular formula is C60H99N13O11. The Kier molecular flexibility index (Phi) is 33.5. The molecule has 0 unspecified atom stereocenters. The lowest BCUT2D eigenvalue weighted by molar-refractivity contribution is -0.136. The third-order valence-electron chi connectivity index (χ3n) is 14.2. The number of amides is 10. The van der Waals surface area contributed by atoms with Crippen molar-refractivity contribution in [2.75, 3.05) is 19.6 Å². The Morgan fingerprint density at radius 2 is 0.833 bits per heavy atom. The van der Waals surface area contributed by atoms with Crippen LogP contribution >= 0.6 is 0 Å². The summed E-state index contributed by atoms with van der Waals surface area (Å²) in [6.07, 6.45) is 4.30. The average molecular weight is 1180 g/mol. The lowest BCUT2D eigenvalue weighted by Gasteiger charge is -2.30. The second-order valence-electron chi connectivity index (χ2n) is 22.9. The predicted octanol–water partition coefficient (Wildman–Crippen LogP) is 0.837. The summed E-state index contributed by atoms with van der Waals surface area (Å²) in [5.41, 5.74) is 24.7. The van der Waals surface area contributed by atoms with Crippen LogP contribution in [0.1, 0.15) is 144 Å². The normalized spacial score (nSPS) is 14.9. The molecule has 0 aliphatic heterocycles. The van der Waals surface area contributed by atoms with Gasteiger partial charge in [-0.3, -0.25) is 47.9 Å². The highest BCUT2D eigenvalue weighted by Crippen LogP contribution is 2.16. The zero-order chi connectivity index (χ0) is 63.1. The number of benzene rings is 2. The van der Waals surface area contributed by atoms with Gasteiger partial charge in [-0.1, -0.05) is 130 Å². The fraction of sp³-hybridized carbons (Fsp3) is 0.633. The minimum Gasteiger partial charge on any atom is -0.508 e. The lowest BCUT2D eigenvalue weighted by Crippen LogP contribution is -2.62. The van der Waals surface area contributed by atoms with E-state index in [2.05, 4.69) is 54.8 Å². The van der Waals surface area contributed by atoms with Gasteiger partial charge in [0.1, 0.15) is 60.1 Å². The number of phenolic OH excluding ortho intramolecular Hbond substituents is 1. The molecule has 0 saturated heterocycles. The molecule has 0 aliphatic rings. The van der Waals surface area contributed by atoms with Gasteiger partial charge in [0.05, 0.1) is 0 Å². The molecule has 10 atom stereocenters. The maximum Gasteiger partial charge on any atom is 0.243 e.